The van der Waals surface area contributed by atoms with E-state index in [4.69, 9.17) is 4.74 Å². The van der Waals surface area contributed by atoms with Crippen LogP contribution in [-0.4, -0.2) is 38.2 Å². The van der Waals surface area contributed by atoms with Gasteiger partial charge < -0.3 is 15.0 Å². The van der Waals surface area contributed by atoms with E-state index in [0.717, 1.165) is 24.5 Å². The first-order chi connectivity index (χ1) is 8.88. The number of rotatable bonds is 5. The highest BCUT2D eigenvalue weighted by atomic mass is 16.5. The minimum absolute atomic E-state index is 0.912. The Hall–Kier alpha value is -1.22. The summed E-state index contributed by atoms with van der Waals surface area (Å²) in [6.07, 6.45) is 5.53. The van der Waals surface area contributed by atoms with E-state index < -0.39 is 0 Å². The van der Waals surface area contributed by atoms with Gasteiger partial charge in [-0.15, -0.1) is 0 Å². The zero-order valence-corrected chi connectivity index (χ0v) is 11.3. The Bertz CT molecular complexity index is 346. The molecule has 1 saturated heterocycles. The fourth-order valence-electron chi connectivity index (χ4n) is 2.45. The number of anilines is 1. The molecule has 0 atom stereocenters. The van der Waals surface area contributed by atoms with E-state index in [0.29, 0.717) is 0 Å². The highest BCUT2D eigenvalue weighted by molar-refractivity contribution is 5.48. The van der Waals surface area contributed by atoms with Gasteiger partial charge in [-0.1, -0.05) is 18.9 Å². The Balaban J connectivity index is 1.73. The molecule has 1 aliphatic heterocycles. The molecule has 3 heteroatoms. The second kappa shape index (κ2) is 7.27. The predicted octanol–water partition coefficient (Wildman–Crippen LogP) is 2.98. The van der Waals surface area contributed by atoms with Crippen molar-refractivity contribution in [3.05, 3.63) is 24.3 Å². The molecule has 1 heterocycles. The Labute approximate surface area is 110 Å². The normalized spacial score (nSPS) is 17.2. The molecule has 1 aromatic carbocycles. The molecule has 100 valence electrons. The van der Waals surface area contributed by atoms with Crippen molar-refractivity contribution in [2.24, 2.45) is 0 Å². The lowest BCUT2D eigenvalue weighted by Crippen LogP contribution is -2.29. The summed E-state index contributed by atoms with van der Waals surface area (Å²) in [5.74, 6) is 0.912. The van der Waals surface area contributed by atoms with Crippen molar-refractivity contribution in [3.8, 4) is 5.75 Å². The van der Waals surface area contributed by atoms with Gasteiger partial charge in [-0.3, -0.25) is 0 Å². The van der Waals surface area contributed by atoms with Gasteiger partial charge >= 0.3 is 0 Å². The topological polar surface area (TPSA) is 24.5 Å². The van der Waals surface area contributed by atoms with Gasteiger partial charge in [0.2, 0.25) is 0 Å². The van der Waals surface area contributed by atoms with Gasteiger partial charge in [0, 0.05) is 24.8 Å². The largest absolute Gasteiger partial charge is 0.497 e. The Morgan fingerprint density at radius 1 is 1.17 bits per heavy atom. The Morgan fingerprint density at radius 3 is 2.67 bits per heavy atom. The fourth-order valence-corrected chi connectivity index (χ4v) is 2.45. The number of nitrogens with zero attached hydrogens (tertiary/aromatic N) is 1. The molecule has 18 heavy (non-hydrogen) atoms. The molecule has 2 rings (SSSR count). The van der Waals surface area contributed by atoms with Gasteiger partial charge in [-0.05, 0) is 38.1 Å². The number of benzene rings is 1. The van der Waals surface area contributed by atoms with Crippen LogP contribution in [-0.2, 0) is 0 Å². The van der Waals surface area contributed by atoms with E-state index in [1.54, 1.807) is 7.11 Å². The smallest absolute Gasteiger partial charge is 0.120 e. The standard InChI is InChI=1S/C15H24N2O/c1-18-15-8-6-7-14(13-15)16-9-12-17-10-4-2-3-5-11-17/h6-8,13,16H,2-5,9-12H2,1H3. The highest BCUT2D eigenvalue weighted by Gasteiger charge is 2.07. The van der Waals surface area contributed by atoms with Crippen LogP contribution in [0.3, 0.4) is 0 Å². The third-order valence-corrected chi connectivity index (χ3v) is 3.53. The minimum atomic E-state index is 0.912. The third-order valence-electron chi connectivity index (χ3n) is 3.53. The van der Waals surface area contributed by atoms with E-state index in [2.05, 4.69) is 16.3 Å². The van der Waals surface area contributed by atoms with Gasteiger partial charge in [0.1, 0.15) is 5.75 Å². The van der Waals surface area contributed by atoms with E-state index in [9.17, 15) is 0 Å². The predicted molar refractivity (Wildman–Crippen MR) is 76.4 cm³/mol. The number of ether oxygens (including phenoxy) is 1. The Morgan fingerprint density at radius 2 is 1.94 bits per heavy atom. The summed E-state index contributed by atoms with van der Waals surface area (Å²) in [6, 6.07) is 8.13. The van der Waals surface area contributed by atoms with Crippen molar-refractivity contribution >= 4 is 5.69 Å². The monoisotopic (exact) mass is 248 g/mol. The molecule has 3 nitrogen and oxygen atoms in total. The second-order valence-electron chi connectivity index (χ2n) is 4.91. The van der Waals surface area contributed by atoms with Crippen molar-refractivity contribution in [1.82, 2.24) is 4.90 Å². The van der Waals surface area contributed by atoms with Crippen molar-refractivity contribution in [2.45, 2.75) is 25.7 Å². The molecule has 1 aliphatic rings. The SMILES string of the molecule is COc1cccc(NCCN2CCCCCC2)c1. The van der Waals surface area contributed by atoms with Crippen molar-refractivity contribution in [2.75, 3.05) is 38.6 Å². The van der Waals surface area contributed by atoms with E-state index in [-0.39, 0.29) is 0 Å². The van der Waals surface area contributed by atoms with Crippen molar-refractivity contribution < 1.29 is 4.74 Å². The van der Waals surface area contributed by atoms with E-state index >= 15 is 0 Å². The minimum Gasteiger partial charge on any atom is -0.497 e. The summed E-state index contributed by atoms with van der Waals surface area (Å²) < 4.78 is 5.22. The zero-order chi connectivity index (χ0) is 12.6. The molecule has 0 unspecified atom stereocenters. The lowest BCUT2D eigenvalue weighted by Gasteiger charge is -2.20. The second-order valence-corrected chi connectivity index (χ2v) is 4.91. The maximum absolute atomic E-state index is 5.22. The Kier molecular flexibility index (Phi) is 5.34. The van der Waals surface area contributed by atoms with Gasteiger partial charge in [-0.25, -0.2) is 0 Å². The number of hydrogen-bond acceptors (Lipinski definition) is 3. The lowest BCUT2D eigenvalue weighted by molar-refractivity contribution is 0.296. The molecule has 0 aliphatic carbocycles. The van der Waals surface area contributed by atoms with Crippen LogP contribution in [0, 0.1) is 0 Å². The maximum Gasteiger partial charge on any atom is 0.120 e. The first kappa shape index (κ1) is 13.2. The zero-order valence-electron chi connectivity index (χ0n) is 11.3. The first-order valence-electron chi connectivity index (χ1n) is 6.99. The summed E-state index contributed by atoms with van der Waals surface area (Å²) >= 11 is 0. The van der Waals surface area contributed by atoms with Crippen LogP contribution >= 0.6 is 0 Å². The molecule has 0 radical (unpaired) electrons. The molecule has 0 saturated carbocycles. The van der Waals surface area contributed by atoms with Gasteiger partial charge in [0.15, 0.2) is 0 Å². The third kappa shape index (κ3) is 4.22. The number of hydrogen-bond donors (Lipinski definition) is 1. The number of methoxy groups -OCH3 is 1. The summed E-state index contributed by atoms with van der Waals surface area (Å²) in [6.45, 7) is 4.67. The molecule has 1 N–H and O–H groups in total. The van der Waals surface area contributed by atoms with Crippen LogP contribution in [0.4, 0.5) is 5.69 Å². The summed E-state index contributed by atoms with van der Waals surface area (Å²) in [4.78, 5) is 2.57. The molecule has 1 aromatic rings. The van der Waals surface area contributed by atoms with Crippen LogP contribution in [0.15, 0.2) is 24.3 Å². The molecular formula is C15H24N2O. The maximum atomic E-state index is 5.22. The van der Waals surface area contributed by atoms with Crippen molar-refractivity contribution in [1.29, 1.82) is 0 Å². The number of nitrogens with one attached hydrogen (secondary N) is 1. The summed E-state index contributed by atoms with van der Waals surface area (Å²) in [5.41, 5.74) is 1.14. The van der Waals surface area contributed by atoms with Crippen LogP contribution < -0.4 is 10.1 Å². The molecule has 0 spiro atoms. The van der Waals surface area contributed by atoms with Gasteiger partial charge in [0.25, 0.3) is 0 Å². The number of likely N-dealkylation sites (tertiary alicyclic amines) is 1. The van der Waals surface area contributed by atoms with Gasteiger partial charge in [-0.2, -0.15) is 0 Å². The van der Waals surface area contributed by atoms with E-state index in [1.807, 2.05) is 18.2 Å². The first-order valence-corrected chi connectivity index (χ1v) is 6.99. The highest BCUT2D eigenvalue weighted by Crippen LogP contribution is 2.16. The quantitative estimate of drug-likeness (QED) is 0.867. The van der Waals surface area contributed by atoms with E-state index in [1.165, 1.54) is 38.8 Å². The summed E-state index contributed by atoms with van der Waals surface area (Å²) in [5, 5.41) is 3.47. The molecule has 0 aromatic heterocycles. The average molecular weight is 248 g/mol. The van der Waals surface area contributed by atoms with Crippen LogP contribution in [0.5, 0.6) is 5.75 Å². The molecule has 0 bridgehead atoms. The average Bonchev–Trinajstić information content (AvgIpc) is 2.68. The van der Waals surface area contributed by atoms with Crippen molar-refractivity contribution in [3.63, 3.8) is 0 Å². The van der Waals surface area contributed by atoms with Crippen LogP contribution in [0.25, 0.3) is 0 Å². The van der Waals surface area contributed by atoms with Crippen LogP contribution in [0.1, 0.15) is 25.7 Å². The molecule has 0 amide bonds. The lowest BCUT2D eigenvalue weighted by atomic mass is 10.2. The summed E-state index contributed by atoms with van der Waals surface area (Å²) in [7, 11) is 1.70. The molecule has 1 fully saturated rings. The molecular weight excluding hydrogens is 224 g/mol. The fraction of sp³-hybridized carbons (Fsp3) is 0.600. The van der Waals surface area contributed by atoms with Gasteiger partial charge in [0.05, 0.1) is 7.11 Å². The van der Waals surface area contributed by atoms with Crippen LogP contribution in [0.2, 0.25) is 0 Å².